The quantitative estimate of drug-likeness (QED) is 0.374. The maximum atomic E-state index is 4.82. The van der Waals surface area contributed by atoms with Gasteiger partial charge in [-0.3, -0.25) is 0 Å². The molecule has 0 aliphatic carbocycles. The fraction of sp³-hybridized carbons (Fsp3) is 0. The fourth-order valence-corrected chi connectivity index (χ4v) is 4.13. The van der Waals surface area contributed by atoms with Crippen LogP contribution < -0.4 is 4.80 Å². The fourth-order valence-electron chi connectivity index (χ4n) is 3.28. The van der Waals surface area contributed by atoms with Crippen LogP contribution in [0.4, 0.5) is 5.69 Å². The van der Waals surface area contributed by atoms with Gasteiger partial charge in [-0.1, -0.05) is 60.7 Å². The summed E-state index contributed by atoms with van der Waals surface area (Å²) in [6, 6.07) is 28.7. The zero-order valence-electron chi connectivity index (χ0n) is 15.6. The van der Waals surface area contributed by atoms with Crippen LogP contribution in [0.3, 0.4) is 0 Å². The number of thiazole rings is 1. The van der Waals surface area contributed by atoms with Crippen molar-refractivity contribution < 1.29 is 0 Å². The molecule has 3 aromatic carbocycles. The first-order chi connectivity index (χ1) is 14.4. The van der Waals surface area contributed by atoms with E-state index in [9.17, 15) is 0 Å². The van der Waals surface area contributed by atoms with E-state index in [0.29, 0.717) is 0 Å². The van der Waals surface area contributed by atoms with Gasteiger partial charge in [0, 0.05) is 17.1 Å². The van der Waals surface area contributed by atoms with E-state index in [0.717, 1.165) is 27.4 Å². The third-order valence-electron chi connectivity index (χ3n) is 4.67. The molecule has 5 rings (SSSR count). The third-order valence-corrected chi connectivity index (χ3v) is 5.48. The highest BCUT2D eigenvalue weighted by molar-refractivity contribution is 7.07. The van der Waals surface area contributed by atoms with Gasteiger partial charge in [-0.15, -0.1) is 11.3 Å². The Morgan fingerprint density at radius 2 is 1.66 bits per heavy atom. The van der Waals surface area contributed by atoms with Gasteiger partial charge in [0.15, 0.2) is 0 Å². The molecular weight excluding hydrogens is 376 g/mol. The Hall–Kier alpha value is -3.70. The molecule has 4 nitrogen and oxygen atoms in total. The zero-order chi connectivity index (χ0) is 19.5. The lowest BCUT2D eigenvalue weighted by molar-refractivity contribution is 0.855. The van der Waals surface area contributed by atoms with Crippen LogP contribution in [0.1, 0.15) is 5.69 Å². The molecule has 2 heterocycles. The van der Waals surface area contributed by atoms with E-state index >= 15 is 0 Å². The van der Waals surface area contributed by atoms with Crippen LogP contribution in [0.5, 0.6) is 0 Å². The van der Waals surface area contributed by atoms with Crippen LogP contribution in [0.2, 0.25) is 0 Å². The van der Waals surface area contributed by atoms with Crippen molar-refractivity contribution in [1.82, 2.24) is 9.66 Å². The minimum Gasteiger partial charge on any atom is -0.360 e. The maximum Gasteiger partial charge on any atom is 0.211 e. The average molecular weight is 395 g/mol. The van der Waals surface area contributed by atoms with Gasteiger partial charge in [-0.25, -0.2) is 9.67 Å². The number of nitrogens with one attached hydrogen (secondary N) is 1. The Morgan fingerprint density at radius 3 is 2.52 bits per heavy atom. The molecule has 0 aliphatic rings. The number of para-hydroxylation sites is 1. The second-order valence-corrected chi connectivity index (χ2v) is 7.40. The number of nitrogens with zero attached hydrogens (tertiary/aromatic N) is 3. The Morgan fingerprint density at radius 1 is 0.828 bits per heavy atom. The van der Waals surface area contributed by atoms with Gasteiger partial charge in [0.25, 0.3) is 0 Å². The number of hydrogen-bond acceptors (Lipinski definition) is 3. The molecule has 5 aromatic rings. The molecule has 0 radical (unpaired) electrons. The first kappa shape index (κ1) is 17.4. The highest BCUT2D eigenvalue weighted by atomic mass is 32.1. The van der Waals surface area contributed by atoms with Gasteiger partial charge in [0.05, 0.1) is 23.3 Å². The molecule has 140 valence electrons. The number of rotatable bonds is 4. The summed E-state index contributed by atoms with van der Waals surface area (Å²) in [7, 11) is 0. The van der Waals surface area contributed by atoms with Crippen molar-refractivity contribution in [2.24, 2.45) is 10.1 Å². The monoisotopic (exact) mass is 394 g/mol. The molecule has 0 saturated heterocycles. The van der Waals surface area contributed by atoms with Gasteiger partial charge < -0.3 is 4.98 Å². The van der Waals surface area contributed by atoms with Crippen LogP contribution >= 0.6 is 11.3 Å². The summed E-state index contributed by atoms with van der Waals surface area (Å²) in [6.07, 6.45) is 3.71. The molecule has 0 spiro atoms. The number of H-pyrrole nitrogens is 1. The third kappa shape index (κ3) is 3.56. The molecule has 29 heavy (non-hydrogen) atoms. The Kier molecular flexibility index (Phi) is 4.64. The highest BCUT2D eigenvalue weighted by Crippen LogP contribution is 2.29. The van der Waals surface area contributed by atoms with Crippen molar-refractivity contribution in [3.63, 3.8) is 0 Å². The van der Waals surface area contributed by atoms with E-state index < -0.39 is 0 Å². The first-order valence-electron chi connectivity index (χ1n) is 9.35. The zero-order valence-corrected chi connectivity index (χ0v) is 16.4. The van der Waals surface area contributed by atoms with Crippen LogP contribution in [-0.2, 0) is 0 Å². The van der Waals surface area contributed by atoms with Crippen LogP contribution in [0, 0.1) is 0 Å². The van der Waals surface area contributed by atoms with Crippen molar-refractivity contribution in [2.45, 2.75) is 0 Å². The number of aromatic amines is 1. The van der Waals surface area contributed by atoms with E-state index in [2.05, 4.69) is 52.8 Å². The molecule has 0 amide bonds. The van der Waals surface area contributed by atoms with Crippen molar-refractivity contribution in [1.29, 1.82) is 0 Å². The van der Waals surface area contributed by atoms with Gasteiger partial charge in [-0.05, 0) is 35.0 Å². The Balaban J connectivity index is 1.72. The minimum atomic E-state index is 0.821. The highest BCUT2D eigenvalue weighted by Gasteiger charge is 2.11. The van der Waals surface area contributed by atoms with Gasteiger partial charge >= 0.3 is 0 Å². The number of benzene rings is 3. The SMILES string of the molecule is C(=Nn1c(-c2cccc3ccccc23)csc1=Nc1ccccc1)c1ccc[nH]1. The summed E-state index contributed by atoms with van der Waals surface area (Å²) in [5.41, 5.74) is 4.00. The molecule has 0 bridgehead atoms. The van der Waals surface area contributed by atoms with Crippen LogP contribution in [0.25, 0.3) is 22.0 Å². The summed E-state index contributed by atoms with van der Waals surface area (Å²) < 4.78 is 1.92. The van der Waals surface area contributed by atoms with Gasteiger partial charge in [0.1, 0.15) is 0 Å². The van der Waals surface area contributed by atoms with Crippen LogP contribution in [-0.4, -0.2) is 15.9 Å². The smallest absolute Gasteiger partial charge is 0.211 e. The van der Waals surface area contributed by atoms with Crippen molar-refractivity contribution in [3.8, 4) is 11.3 Å². The van der Waals surface area contributed by atoms with E-state index in [4.69, 9.17) is 10.1 Å². The molecule has 0 aliphatic heterocycles. The summed E-state index contributed by atoms with van der Waals surface area (Å²) in [5.74, 6) is 0. The summed E-state index contributed by atoms with van der Waals surface area (Å²) in [4.78, 5) is 8.81. The standard InChI is InChI=1S/C24H18N4S/c1-2-10-19(11-3-1)27-24-28(26-16-20-12-7-15-25-20)23(17-29-24)22-14-6-9-18-8-4-5-13-21(18)22/h1-17,25H. The molecule has 0 fully saturated rings. The first-order valence-corrected chi connectivity index (χ1v) is 10.2. The normalized spacial score (nSPS) is 12.2. The lowest BCUT2D eigenvalue weighted by Gasteiger charge is -2.07. The molecule has 5 heteroatoms. The van der Waals surface area contributed by atoms with E-state index in [-0.39, 0.29) is 0 Å². The number of fused-ring (bicyclic) bond motifs is 1. The average Bonchev–Trinajstić information content (AvgIpc) is 3.42. The summed E-state index contributed by atoms with van der Waals surface area (Å²) in [6.45, 7) is 0. The lowest BCUT2D eigenvalue weighted by Crippen LogP contribution is -2.11. The predicted molar refractivity (Wildman–Crippen MR) is 121 cm³/mol. The maximum absolute atomic E-state index is 4.82. The van der Waals surface area contributed by atoms with Crippen molar-refractivity contribution in [3.05, 3.63) is 107 Å². The second kappa shape index (κ2) is 7.73. The molecule has 0 unspecified atom stereocenters. The molecule has 0 saturated carbocycles. The molecule has 0 atom stereocenters. The number of aromatic nitrogens is 2. The second-order valence-electron chi connectivity index (χ2n) is 6.56. The summed E-state index contributed by atoms with van der Waals surface area (Å²) in [5, 5.41) is 9.29. The van der Waals surface area contributed by atoms with Gasteiger partial charge in [-0.2, -0.15) is 5.10 Å². The van der Waals surface area contributed by atoms with Crippen molar-refractivity contribution in [2.75, 3.05) is 0 Å². The van der Waals surface area contributed by atoms with E-state index in [1.165, 1.54) is 10.8 Å². The van der Waals surface area contributed by atoms with Crippen molar-refractivity contribution >= 4 is 34.0 Å². The molecule has 1 N–H and O–H groups in total. The Bertz CT molecular complexity index is 1340. The molecule has 2 aromatic heterocycles. The topological polar surface area (TPSA) is 45.4 Å². The molecular formula is C24H18N4S. The van der Waals surface area contributed by atoms with Gasteiger partial charge in [0.2, 0.25) is 4.80 Å². The lowest BCUT2D eigenvalue weighted by atomic mass is 10.0. The van der Waals surface area contributed by atoms with E-state index in [1.807, 2.05) is 59.6 Å². The summed E-state index contributed by atoms with van der Waals surface area (Å²) >= 11 is 1.58. The van der Waals surface area contributed by atoms with E-state index in [1.54, 1.807) is 11.3 Å². The van der Waals surface area contributed by atoms with Crippen LogP contribution in [0.15, 0.2) is 107 Å². The largest absolute Gasteiger partial charge is 0.360 e. The number of hydrogen-bond donors (Lipinski definition) is 1. The Labute approximate surface area is 172 Å². The minimum absolute atomic E-state index is 0.821. The predicted octanol–water partition coefficient (Wildman–Crippen LogP) is 5.81.